The number of alkyl halides is 1. The third-order valence-corrected chi connectivity index (χ3v) is 5.04. The number of hydrogen-bond acceptors (Lipinski definition) is 3. The van der Waals surface area contributed by atoms with Gasteiger partial charge in [-0.2, -0.15) is 0 Å². The molecular weight excluding hydrogens is 401 g/mol. The van der Waals surface area contributed by atoms with E-state index >= 15 is 0 Å². The maximum absolute atomic E-state index is 12.3. The fourth-order valence-corrected chi connectivity index (χ4v) is 4.13. The predicted octanol–water partition coefficient (Wildman–Crippen LogP) is 4.61. The summed E-state index contributed by atoms with van der Waals surface area (Å²) in [6, 6.07) is 3.88. The van der Waals surface area contributed by atoms with Crippen LogP contribution in [0.25, 0.3) is 0 Å². The number of aromatic amines is 1. The molecule has 0 radical (unpaired) electrons. The van der Waals surface area contributed by atoms with Gasteiger partial charge in [0.05, 0.1) is 16.4 Å². The highest BCUT2D eigenvalue weighted by Gasteiger charge is 2.27. The molecule has 0 saturated carbocycles. The van der Waals surface area contributed by atoms with E-state index in [2.05, 4.69) is 32.8 Å². The normalized spacial score (nSPS) is 14.9. The first-order valence-corrected chi connectivity index (χ1v) is 9.13. The number of aromatic nitrogens is 2. The Bertz CT molecular complexity index is 793. The number of H-pyrrole nitrogens is 1. The molecule has 0 bridgehead atoms. The molecule has 122 valence electrons. The molecule has 1 aromatic heterocycles. The lowest BCUT2D eigenvalue weighted by Gasteiger charge is -2.20. The third-order valence-electron chi connectivity index (χ3n) is 4.07. The monoisotopic (exact) mass is 415 g/mol. The summed E-state index contributed by atoms with van der Waals surface area (Å²) in [5.74, 6) is 1.14. The fraction of sp³-hybridized carbons (Fsp3) is 0.375. The van der Waals surface area contributed by atoms with Crippen LogP contribution in [0.2, 0.25) is 5.02 Å². The molecule has 2 aromatic rings. The van der Waals surface area contributed by atoms with Gasteiger partial charge in [0.1, 0.15) is 0 Å². The van der Waals surface area contributed by atoms with E-state index in [0.717, 1.165) is 34.3 Å². The van der Waals surface area contributed by atoms with Crippen LogP contribution in [0.5, 0.6) is 0 Å². The molecule has 1 unspecified atom stereocenters. The number of fused-ring (bicyclic) bond motifs is 1. The molecule has 1 aromatic carbocycles. The molecule has 0 aliphatic carbocycles. The van der Waals surface area contributed by atoms with Crippen molar-refractivity contribution >= 4 is 50.6 Å². The molecule has 4 nitrogen and oxygen atoms in total. The zero-order valence-corrected chi connectivity index (χ0v) is 15.7. The first-order chi connectivity index (χ1) is 11.0. The van der Waals surface area contributed by atoms with Crippen molar-refractivity contribution in [3.05, 3.63) is 49.4 Å². The molecular formula is C16H16BrCl2N3O. The summed E-state index contributed by atoms with van der Waals surface area (Å²) in [4.78, 5) is 21.6. The van der Waals surface area contributed by atoms with Gasteiger partial charge >= 0.3 is 0 Å². The second kappa shape index (κ2) is 6.83. The molecule has 3 rings (SSSR count). The van der Waals surface area contributed by atoms with Gasteiger partial charge in [0.15, 0.2) is 5.82 Å². The number of hydrogen-bond donors (Lipinski definition) is 1. The van der Waals surface area contributed by atoms with E-state index in [9.17, 15) is 4.79 Å². The van der Waals surface area contributed by atoms with E-state index in [1.807, 2.05) is 17.0 Å². The highest BCUT2D eigenvalue weighted by molar-refractivity contribution is 9.10. The van der Waals surface area contributed by atoms with Crippen molar-refractivity contribution in [3.63, 3.8) is 0 Å². The molecule has 0 saturated heterocycles. The molecule has 0 amide bonds. The zero-order valence-electron chi connectivity index (χ0n) is 12.6. The molecule has 1 aliphatic heterocycles. The Kier molecular flexibility index (Phi) is 4.99. The van der Waals surface area contributed by atoms with E-state index in [-0.39, 0.29) is 11.5 Å². The Balaban J connectivity index is 2.05. The Morgan fingerprint density at radius 1 is 1.48 bits per heavy atom. The molecule has 7 heteroatoms. The summed E-state index contributed by atoms with van der Waals surface area (Å²) >= 11 is 15.7. The molecule has 1 aliphatic rings. The van der Waals surface area contributed by atoms with Crippen molar-refractivity contribution in [2.45, 2.75) is 25.7 Å². The second-order valence-corrected chi connectivity index (χ2v) is 7.35. The number of nitrogens with one attached hydrogen (secondary N) is 1. The first-order valence-electron chi connectivity index (χ1n) is 7.42. The van der Waals surface area contributed by atoms with Gasteiger partial charge in [0, 0.05) is 29.0 Å². The van der Waals surface area contributed by atoms with Crippen LogP contribution >= 0.6 is 39.1 Å². The van der Waals surface area contributed by atoms with Gasteiger partial charge in [-0.1, -0.05) is 34.5 Å². The van der Waals surface area contributed by atoms with Crippen LogP contribution in [0.4, 0.5) is 11.5 Å². The minimum atomic E-state index is -0.210. The summed E-state index contributed by atoms with van der Waals surface area (Å²) < 4.78 is 0.939. The van der Waals surface area contributed by atoms with Crippen molar-refractivity contribution in [2.24, 2.45) is 0 Å². The Labute approximate surface area is 153 Å². The number of anilines is 2. The summed E-state index contributed by atoms with van der Waals surface area (Å²) in [5, 5.41) is 0.618. The number of rotatable bonds is 4. The molecule has 2 heterocycles. The van der Waals surface area contributed by atoms with Gasteiger partial charge in [0.25, 0.3) is 5.56 Å². The maximum atomic E-state index is 12.3. The molecule has 0 spiro atoms. The second-order valence-electron chi connectivity index (χ2n) is 5.65. The van der Waals surface area contributed by atoms with Gasteiger partial charge < -0.3 is 9.88 Å². The van der Waals surface area contributed by atoms with Crippen molar-refractivity contribution in [1.29, 1.82) is 0 Å². The average Bonchev–Trinajstić information content (AvgIpc) is 2.91. The van der Waals surface area contributed by atoms with E-state index in [4.69, 9.17) is 23.2 Å². The molecule has 0 fully saturated rings. The standard InChI is InChI=1S/C16H16BrCl2N3O/c1-9(2-4-18)13-8-20-16(23)15(21-13)22-5-3-10-6-11(17)7-12(19)14(10)22/h6-9H,2-5H2,1H3,(H,20,23). The predicted molar refractivity (Wildman–Crippen MR) is 98.5 cm³/mol. The lowest BCUT2D eigenvalue weighted by molar-refractivity contribution is 0.703. The van der Waals surface area contributed by atoms with E-state index in [1.54, 1.807) is 6.20 Å². The number of halogens is 3. The summed E-state index contributed by atoms with van der Waals surface area (Å²) in [6.07, 6.45) is 3.31. The smallest absolute Gasteiger partial charge is 0.291 e. The fourth-order valence-electron chi connectivity index (χ4n) is 2.82. The SMILES string of the molecule is CC(CCCl)c1c[nH]c(=O)c(N2CCc3cc(Br)cc(Cl)c32)n1. The van der Waals surface area contributed by atoms with Gasteiger partial charge in [0.2, 0.25) is 0 Å². The van der Waals surface area contributed by atoms with Crippen molar-refractivity contribution in [2.75, 3.05) is 17.3 Å². The first kappa shape index (κ1) is 16.8. The Morgan fingerprint density at radius 2 is 2.26 bits per heavy atom. The van der Waals surface area contributed by atoms with Crippen LogP contribution < -0.4 is 10.5 Å². The van der Waals surface area contributed by atoms with Gasteiger partial charge in [-0.15, -0.1) is 11.6 Å². The van der Waals surface area contributed by atoms with Gasteiger partial charge in [-0.25, -0.2) is 4.98 Å². The quantitative estimate of drug-likeness (QED) is 0.740. The summed E-state index contributed by atoms with van der Waals surface area (Å²) in [7, 11) is 0. The number of benzene rings is 1. The van der Waals surface area contributed by atoms with Gasteiger partial charge in [-0.05, 0) is 30.5 Å². The topological polar surface area (TPSA) is 49.0 Å². The highest BCUT2D eigenvalue weighted by Crippen LogP contribution is 2.40. The lowest BCUT2D eigenvalue weighted by Crippen LogP contribution is -2.25. The third kappa shape index (κ3) is 3.28. The minimum Gasteiger partial charge on any atom is -0.324 e. The van der Waals surface area contributed by atoms with Crippen LogP contribution in [0, 0.1) is 0 Å². The molecule has 1 atom stereocenters. The lowest BCUT2D eigenvalue weighted by atomic mass is 10.1. The molecule has 1 N–H and O–H groups in total. The Morgan fingerprint density at radius 3 is 3.00 bits per heavy atom. The average molecular weight is 417 g/mol. The van der Waals surface area contributed by atoms with Crippen LogP contribution in [0.1, 0.15) is 30.5 Å². The summed E-state index contributed by atoms with van der Waals surface area (Å²) in [5.41, 5.74) is 2.61. The van der Waals surface area contributed by atoms with E-state index in [1.165, 1.54) is 0 Å². The maximum Gasteiger partial charge on any atom is 0.291 e. The van der Waals surface area contributed by atoms with Gasteiger partial charge in [-0.3, -0.25) is 4.79 Å². The van der Waals surface area contributed by atoms with Crippen molar-refractivity contribution < 1.29 is 0 Å². The van der Waals surface area contributed by atoms with Crippen molar-refractivity contribution in [1.82, 2.24) is 9.97 Å². The van der Waals surface area contributed by atoms with Crippen LogP contribution in [0.15, 0.2) is 27.6 Å². The minimum absolute atomic E-state index is 0.186. The largest absolute Gasteiger partial charge is 0.324 e. The van der Waals surface area contributed by atoms with Crippen LogP contribution in [-0.2, 0) is 6.42 Å². The summed E-state index contributed by atoms with van der Waals surface area (Å²) in [6.45, 7) is 2.74. The van der Waals surface area contributed by atoms with Crippen molar-refractivity contribution in [3.8, 4) is 0 Å². The number of nitrogens with zero attached hydrogens (tertiary/aromatic N) is 2. The Hall–Kier alpha value is -1.04. The molecule has 23 heavy (non-hydrogen) atoms. The van der Waals surface area contributed by atoms with E-state index in [0.29, 0.717) is 23.3 Å². The zero-order chi connectivity index (χ0) is 16.6. The van der Waals surface area contributed by atoms with Crippen LogP contribution in [-0.4, -0.2) is 22.4 Å². The van der Waals surface area contributed by atoms with E-state index < -0.39 is 0 Å². The van der Waals surface area contributed by atoms with Crippen LogP contribution in [0.3, 0.4) is 0 Å². The highest BCUT2D eigenvalue weighted by atomic mass is 79.9.